The van der Waals surface area contributed by atoms with Gasteiger partial charge in [0.1, 0.15) is 0 Å². The van der Waals surface area contributed by atoms with Crippen molar-refractivity contribution in [3.05, 3.63) is 70.5 Å². The van der Waals surface area contributed by atoms with Crippen LogP contribution in [0.25, 0.3) is 5.69 Å². The Morgan fingerprint density at radius 2 is 1.72 bits per heavy atom. The van der Waals surface area contributed by atoms with Crippen molar-refractivity contribution in [1.82, 2.24) is 19.9 Å². The quantitative estimate of drug-likeness (QED) is 0.662. The van der Waals surface area contributed by atoms with Crippen LogP contribution in [0.3, 0.4) is 0 Å². The maximum atomic E-state index is 12.8. The predicted molar refractivity (Wildman–Crippen MR) is 115 cm³/mol. The second kappa shape index (κ2) is 8.25. The van der Waals surface area contributed by atoms with Gasteiger partial charge in [-0.05, 0) is 44.2 Å². The minimum absolute atomic E-state index is 0.0924. The number of amides is 1. The molecule has 4 rings (SSSR count). The fourth-order valence-electron chi connectivity index (χ4n) is 3.60. The van der Waals surface area contributed by atoms with Crippen LogP contribution < -0.4 is 4.90 Å². The molecule has 0 radical (unpaired) electrons. The van der Waals surface area contributed by atoms with Crippen molar-refractivity contribution in [3.8, 4) is 5.69 Å². The molecule has 1 amide bonds. The first-order valence-corrected chi connectivity index (χ1v) is 10.2. The second-order valence-electron chi connectivity index (χ2n) is 7.39. The van der Waals surface area contributed by atoms with Crippen LogP contribution in [0, 0.1) is 13.8 Å². The molecule has 0 saturated carbocycles. The Kier molecular flexibility index (Phi) is 5.53. The Hall–Kier alpha value is -2.86. The molecule has 150 valence electrons. The summed E-state index contributed by atoms with van der Waals surface area (Å²) in [5.41, 5.74) is 4.88. The van der Waals surface area contributed by atoms with Gasteiger partial charge in [-0.25, -0.2) is 4.68 Å². The van der Waals surface area contributed by atoms with Gasteiger partial charge in [0.15, 0.2) is 0 Å². The predicted octanol–water partition coefficient (Wildman–Crippen LogP) is 3.43. The zero-order valence-electron chi connectivity index (χ0n) is 16.7. The maximum absolute atomic E-state index is 12.8. The molecule has 1 aliphatic rings. The lowest BCUT2D eigenvalue weighted by molar-refractivity contribution is -0.130. The highest BCUT2D eigenvalue weighted by Crippen LogP contribution is 2.21. The number of carbonyl (C=O) groups is 1. The van der Waals surface area contributed by atoms with Crippen LogP contribution in [0.15, 0.2) is 48.5 Å². The summed E-state index contributed by atoms with van der Waals surface area (Å²) in [7, 11) is 0. The molecule has 6 nitrogen and oxygen atoms in total. The molecule has 0 N–H and O–H groups in total. The van der Waals surface area contributed by atoms with Gasteiger partial charge in [0.2, 0.25) is 5.91 Å². The van der Waals surface area contributed by atoms with Crippen molar-refractivity contribution >= 4 is 23.2 Å². The molecule has 2 heterocycles. The van der Waals surface area contributed by atoms with Gasteiger partial charge in [-0.2, -0.15) is 0 Å². The lowest BCUT2D eigenvalue weighted by Gasteiger charge is -2.36. The third-order valence-corrected chi connectivity index (χ3v) is 5.63. The van der Waals surface area contributed by atoms with E-state index in [4.69, 9.17) is 11.6 Å². The van der Waals surface area contributed by atoms with Gasteiger partial charge in [0.25, 0.3) is 0 Å². The van der Waals surface area contributed by atoms with Crippen molar-refractivity contribution in [2.24, 2.45) is 0 Å². The van der Waals surface area contributed by atoms with Crippen molar-refractivity contribution in [2.75, 3.05) is 31.1 Å². The molecule has 0 aliphatic carbocycles. The van der Waals surface area contributed by atoms with E-state index in [0.29, 0.717) is 13.1 Å². The Morgan fingerprint density at radius 3 is 2.41 bits per heavy atom. The van der Waals surface area contributed by atoms with E-state index >= 15 is 0 Å². The molecule has 3 aromatic rings. The molecule has 0 bridgehead atoms. The highest BCUT2D eigenvalue weighted by Gasteiger charge is 2.23. The molecule has 1 aliphatic heterocycles. The summed E-state index contributed by atoms with van der Waals surface area (Å²) in [4.78, 5) is 17.0. The SMILES string of the molecule is Cc1ccc(-n2nnc(CC(=O)N3CCN(c4cccc(Cl)c4)CC3)c2C)cc1. The first-order chi connectivity index (χ1) is 14.0. The van der Waals surface area contributed by atoms with Crippen molar-refractivity contribution in [1.29, 1.82) is 0 Å². The number of carbonyl (C=O) groups excluding carboxylic acids is 1. The zero-order valence-corrected chi connectivity index (χ0v) is 17.4. The molecule has 0 atom stereocenters. The third-order valence-electron chi connectivity index (χ3n) is 5.39. The Balaban J connectivity index is 1.38. The van der Waals surface area contributed by atoms with E-state index in [1.54, 1.807) is 4.68 Å². The zero-order chi connectivity index (χ0) is 20.4. The average Bonchev–Trinajstić information content (AvgIpc) is 3.09. The van der Waals surface area contributed by atoms with Crippen LogP contribution in [-0.4, -0.2) is 52.0 Å². The summed E-state index contributed by atoms with van der Waals surface area (Å²) in [6, 6.07) is 15.9. The number of halogens is 1. The number of hydrogen-bond acceptors (Lipinski definition) is 4. The van der Waals surface area contributed by atoms with Crippen LogP contribution in [0.1, 0.15) is 17.0 Å². The number of rotatable bonds is 4. The van der Waals surface area contributed by atoms with Crippen molar-refractivity contribution in [2.45, 2.75) is 20.3 Å². The van der Waals surface area contributed by atoms with Crippen molar-refractivity contribution < 1.29 is 4.79 Å². The monoisotopic (exact) mass is 409 g/mol. The van der Waals surface area contributed by atoms with Gasteiger partial charge >= 0.3 is 0 Å². The normalized spacial score (nSPS) is 14.3. The third kappa shape index (κ3) is 4.27. The molecule has 1 saturated heterocycles. The van der Waals surface area contributed by atoms with E-state index < -0.39 is 0 Å². The van der Waals surface area contributed by atoms with Gasteiger partial charge in [-0.15, -0.1) is 5.10 Å². The largest absolute Gasteiger partial charge is 0.368 e. The van der Waals surface area contributed by atoms with E-state index in [1.807, 2.05) is 61.2 Å². The standard InChI is InChI=1S/C22H24ClN5O/c1-16-6-8-19(9-7-16)28-17(2)21(24-25-28)15-22(29)27-12-10-26(11-13-27)20-5-3-4-18(23)14-20/h3-9,14H,10-13,15H2,1-2H3. The van der Waals surface area contributed by atoms with E-state index in [0.717, 1.165) is 40.9 Å². The second-order valence-corrected chi connectivity index (χ2v) is 7.83. The molecular weight excluding hydrogens is 386 g/mol. The molecule has 1 fully saturated rings. The smallest absolute Gasteiger partial charge is 0.228 e. The summed E-state index contributed by atoms with van der Waals surface area (Å²) in [5, 5.41) is 9.24. The molecule has 0 spiro atoms. The van der Waals surface area contributed by atoms with Gasteiger partial charge < -0.3 is 9.80 Å². The lowest BCUT2D eigenvalue weighted by atomic mass is 10.2. The number of piperazine rings is 1. The molecule has 2 aromatic carbocycles. The average molecular weight is 410 g/mol. The number of aromatic nitrogens is 3. The van der Waals surface area contributed by atoms with Crippen molar-refractivity contribution in [3.63, 3.8) is 0 Å². The first kappa shape index (κ1) is 19.5. The van der Waals surface area contributed by atoms with Crippen LogP contribution >= 0.6 is 11.6 Å². The lowest BCUT2D eigenvalue weighted by Crippen LogP contribution is -2.49. The summed E-state index contributed by atoms with van der Waals surface area (Å²) in [6.07, 6.45) is 0.273. The van der Waals surface area contributed by atoms with Gasteiger partial charge in [0.05, 0.1) is 23.5 Å². The summed E-state index contributed by atoms with van der Waals surface area (Å²) in [5.74, 6) is 0.0924. The fourth-order valence-corrected chi connectivity index (χ4v) is 3.78. The molecule has 1 aromatic heterocycles. The van der Waals surface area contributed by atoms with E-state index in [1.165, 1.54) is 5.56 Å². The number of benzene rings is 2. The minimum atomic E-state index is 0.0924. The number of nitrogens with zero attached hydrogens (tertiary/aromatic N) is 5. The topological polar surface area (TPSA) is 54.3 Å². The number of hydrogen-bond donors (Lipinski definition) is 0. The molecule has 29 heavy (non-hydrogen) atoms. The molecule has 0 unspecified atom stereocenters. The minimum Gasteiger partial charge on any atom is -0.368 e. The number of anilines is 1. The Bertz CT molecular complexity index is 1010. The van der Waals surface area contributed by atoms with Gasteiger partial charge in [0, 0.05) is 36.9 Å². The summed E-state index contributed by atoms with van der Waals surface area (Å²) in [6.45, 7) is 6.98. The van der Waals surface area contributed by atoms with Gasteiger partial charge in [-0.1, -0.05) is 40.6 Å². The fraction of sp³-hybridized carbons (Fsp3) is 0.318. The van der Waals surface area contributed by atoms with Crippen LogP contribution in [0.5, 0.6) is 0 Å². The van der Waals surface area contributed by atoms with Crippen LogP contribution in [0.2, 0.25) is 5.02 Å². The van der Waals surface area contributed by atoms with E-state index in [-0.39, 0.29) is 12.3 Å². The van der Waals surface area contributed by atoms with Crippen LogP contribution in [0.4, 0.5) is 5.69 Å². The molecular formula is C22H24ClN5O. The first-order valence-electron chi connectivity index (χ1n) is 9.78. The van der Waals surface area contributed by atoms with E-state index in [9.17, 15) is 4.79 Å². The Morgan fingerprint density at radius 1 is 1.00 bits per heavy atom. The Labute approximate surface area is 175 Å². The van der Waals surface area contributed by atoms with Crippen LogP contribution in [-0.2, 0) is 11.2 Å². The van der Waals surface area contributed by atoms with E-state index in [2.05, 4.69) is 21.3 Å². The maximum Gasteiger partial charge on any atom is 0.228 e. The summed E-state index contributed by atoms with van der Waals surface area (Å²) < 4.78 is 1.79. The molecule has 7 heteroatoms. The number of aryl methyl sites for hydroxylation is 1. The highest BCUT2D eigenvalue weighted by molar-refractivity contribution is 6.30. The summed E-state index contributed by atoms with van der Waals surface area (Å²) >= 11 is 6.10. The van der Waals surface area contributed by atoms with Gasteiger partial charge in [-0.3, -0.25) is 4.79 Å². The highest BCUT2D eigenvalue weighted by atomic mass is 35.5.